The predicted molar refractivity (Wildman–Crippen MR) is 88.4 cm³/mol. The van der Waals surface area contributed by atoms with Crippen molar-refractivity contribution in [3.8, 4) is 0 Å². The van der Waals surface area contributed by atoms with Gasteiger partial charge in [0, 0.05) is 32.2 Å². The first kappa shape index (κ1) is 16.5. The number of hydrogen-bond acceptors (Lipinski definition) is 4. The molecule has 128 valence electrons. The lowest BCUT2D eigenvalue weighted by molar-refractivity contribution is 0.0238. The number of rotatable bonds is 3. The second kappa shape index (κ2) is 7.01. The summed E-state index contributed by atoms with van der Waals surface area (Å²) < 4.78 is 1.80. The highest BCUT2D eigenvalue weighted by Crippen LogP contribution is 2.22. The molecule has 0 bridgehead atoms. The minimum absolute atomic E-state index is 0.101. The molecule has 6 heteroatoms. The van der Waals surface area contributed by atoms with Gasteiger partial charge in [0.15, 0.2) is 0 Å². The molecule has 1 atom stereocenters. The molecular weight excluding hydrogens is 292 g/mol. The summed E-state index contributed by atoms with van der Waals surface area (Å²) in [5.74, 6) is 0.101. The monoisotopic (exact) mass is 320 g/mol. The lowest BCUT2D eigenvalue weighted by atomic mass is 9.99. The maximum Gasteiger partial charge on any atom is 0.272 e. The van der Waals surface area contributed by atoms with Gasteiger partial charge in [0.05, 0.1) is 11.8 Å². The number of amides is 1. The number of nitrogens with zero attached hydrogens (tertiary/aromatic N) is 4. The number of β-amino-alcohol motifs (C(OH)–C–C–N with tert-alkyl or cyclic N) is 1. The van der Waals surface area contributed by atoms with Crippen molar-refractivity contribution in [2.45, 2.75) is 58.2 Å². The SMILES string of the molecule is CCn1nc(C)cc1C(=O)N1CCC(N2CCCC(O)C2)CC1. The van der Waals surface area contributed by atoms with Crippen LogP contribution in [0.5, 0.6) is 0 Å². The zero-order chi connectivity index (χ0) is 16.4. The van der Waals surface area contributed by atoms with Gasteiger partial charge in [-0.3, -0.25) is 14.4 Å². The van der Waals surface area contributed by atoms with E-state index in [1.807, 2.05) is 24.8 Å². The van der Waals surface area contributed by atoms with E-state index in [-0.39, 0.29) is 12.0 Å². The Kier molecular flexibility index (Phi) is 5.02. The summed E-state index contributed by atoms with van der Waals surface area (Å²) in [7, 11) is 0. The summed E-state index contributed by atoms with van der Waals surface area (Å²) in [6.07, 6.45) is 3.82. The molecule has 0 spiro atoms. The fraction of sp³-hybridized carbons (Fsp3) is 0.765. The Morgan fingerprint density at radius 1 is 1.30 bits per heavy atom. The topological polar surface area (TPSA) is 61.6 Å². The van der Waals surface area contributed by atoms with E-state index in [9.17, 15) is 9.90 Å². The van der Waals surface area contributed by atoms with E-state index in [0.717, 1.165) is 64.1 Å². The van der Waals surface area contributed by atoms with Crippen LogP contribution in [0.2, 0.25) is 0 Å². The maximum absolute atomic E-state index is 12.7. The molecule has 1 aromatic heterocycles. The Labute approximate surface area is 138 Å². The number of aryl methyl sites for hydroxylation is 2. The molecule has 0 saturated carbocycles. The molecule has 2 aliphatic rings. The summed E-state index contributed by atoms with van der Waals surface area (Å²) in [5.41, 5.74) is 1.60. The number of aromatic nitrogens is 2. The average molecular weight is 320 g/mol. The Morgan fingerprint density at radius 2 is 2.04 bits per heavy atom. The highest BCUT2D eigenvalue weighted by Gasteiger charge is 2.30. The van der Waals surface area contributed by atoms with Gasteiger partial charge in [-0.2, -0.15) is 5.10 Å². The zero-order valence-corrected chi connectivity index (χ0v) is 14.2. The maximum atomic E-state index is 12.7. The summed E-state index contributed by atoms with van der Waals surface area (Å²) in [6, 6.07) is 2.39. The van der Waals surface area contributed by atoms with E-state index >= 15 is 0 Å². The van der Waals surface area contributed by atoms with Crippen molar-refractivity contribution in [2.24, 2.45) is 0 Å². The van der Waals surface area contributed by atoms with Crippen LogP contribution in [0, 0.1) is 6.92 Å². The van der Waals surface area contributed by atoms with Gasteiger partial charge in [-0.15, -0.1) is 0 Å². The molecule has 1 unspecified atom stereocenters. The van der Waals surface area contributed by atoms with Crippen LogP contribution < -0.4 is 0 Å². The molecule has 3 rings (SSSR count). The summed E-state index contributed by atoms with van der Waals surface area (Å²) in [5, 5.41) is 14.2. The second-order valence-electron chi connectivity index (χ2n) is 6.80. The number of aliphatic hydroxyl groups excluding tert-OH is 1. The summed E-state index contributed by atoms with van der Waals surface area (Å²) >= 11 is 0. The number of hydrogen-bond donors (Lipinski definition) is 1. The molecule has 0 radical (unpaired) electrons. The molecule has 2 fully saturated rings. The second-order valence-corrected chi connectivity index (χ2v) is 6.80. The Hall–Kier alpha value is -1.40. The minimum Gasteiger partial charge on any atom is -0.392 e. The van der Waals surface area contributed by atoms with Crippen LogP contribution in [0.3, 0.4) is 0 Å². The van der Waals surface area contributed by atoms with Gasteiger partial charge in [0.1, 0.15) is 5.69 Å². The van der Waals surface area contributed by atoms with E-state index in [0.29, 0.717) is 11.7 Å². The van der Waals surface area contributed by atoms with Crippen molar-refractivity contribution in [3.05, 3.63) is 17.5 Å². The molecule has 3 heterocycles. The summed E-state index contributed by atoms with van der Waals surface area (Å²) in [4.78, 5) is 17.1. The zero-order valence-electron chi connectivity index (χ0n) is 14.2. The summed E-state index contributed by atoms with van der Waals surface area (Å²) in [6.45, 7) is 8.12. The highest BCUT2D eigenvalue weighted by atomic mass is 16.3. The Morgan fingerprint density at radius 3 is 2.70 bits per heavy atom. The fourth-order valence-electron chi connectivity index (χ4n) is 3.87. The third-order valence-electron chi connectivity index (χ3n) is 5.12. The average Bonchev–Trinajstić information content (AvgIpc) is 2.95. The smallest absolute Gasteiger partial charge is 0.272 e. The largest absolute Gasteiger partial charge is 0.392 e. The number of carbonyl (C=O) groups is 1. The van der Waals surface area contributed by atoms with E-state index in [2.05, 4.69) is 10.00 Å². The van der Waals surface area contributed by atoms with Gasteiger partial charge in [0.25, 0.3) is 5.91 Å². The highest BCUT2D eigenvalue weighted by molar-refractivity contribution is 5.92. The fourth-order valence-corrected chi connectivity index (χ4v) is 3.87. The van der Waals surface area contributed by atoms with Gasteiger partial charge in [-0.25, -0.2) is 0 Å². The van der Waals surface area contributed by atoms with Crippen LogP contribution in [-0.2, 0) is 6.54 Å². The Balaban J connectivity index is 1.59. The first-order valence-electron chi connectivity index (χ1n) is 8.84. The lowest BCUT2D eigenvalue weighted by Gasteiger charge is -2.41. The molecule has 1 N–H and O–H groups in total. The van der Waals surface area contributed by atoms with E-state index < -0.39 is 0 Å². The van der Waals surface area contributed by atoms with Gasteiger partial charge >= 0.3 is 0 Å². The molecule has 6 nitrogen and oxygen atoms in total. The Bertz CT molecular complexity index is 549. The first-order valence-corrected chi connectivity index (χ1v) is 8.84. The minimum atomic E-state index is -0.176. The normalized spacial score (nSPS) is 24.1. The molecule has 0 aromatic carbocycles. The third kappa shape index (κ3) is 3.58. The molecule has 2 saturated heterocycles. The van der Waals surface area contributed by atoms with E-state index in [1.54, 1.807) is 4.68 Å². The lowest BCUT2D eigenvalue weighted by Crippen LogP contribution is -2.50. The van der Waals surface area contributed by atoms with Crippen molar-refractivity contribution in [3.63, 3.8) is 0 Å². The van der Waals surface area contributed by atoms with Gasteiger partial charge < -0.3 is 10.0 Å². The number of aliphatic hydroxyl groups is 1. The number of likely N-dealkylation sites (tertiary alicyclic amines) is 2. The van der Waals surface area contributed by atoms with E-state index in [1.165, 1.54) is 0 Å². The van der Waals surface area contributed by atoms with Crippen molar-refractivity contribution >= 4 is 5.91 Å². The molecule has 1 amide bonds. The van der Waals surface area contributed by atoms with Crippen LogP contribution in [0.4, 0.5) is 0 Å². The third-order valence-corrected chi connectivity index (χ3v) is 5.12. The molecule has 23 heavy (non-hydrogen) atoms. The van der Waals surface area contributed by atoms with Crippen LogP contribution >= 0.6 is 0 Å². The van der Waals surface area contributed by atoms with Gasteiger partial charge in [0.2, 0.25) is 0 Å². The van der Waals surface area contributed by atoms with Gasteiger partial charge in [-0.05, 0) is 52.1 Å². The van der Waals surface area contributed by atoms with Crippen LogP contribution in [0.1, 0.15) is 48.8 Å². The molecule has 1 aromatic rings. The predicted octanol–water partition coefficient (Wildman–Crippen LogP) is 1.27. The number of piperidine rings is 2. The van der Waals surface area contributed by atoms with E-state index in [4.69, 9.17) is 0 Å². The molecular formula is C17H28N4O2. The van der Waals surface area contributed by atoms with Crippen LogP contribution in [0.25, 0.3) is 0 Å². The number of carbonyl (C=O) groups excluding carboxylic acids is 1. The van der Waals surface area contributed by atoms with Crippen molar-refractivity contribution in [1.82, 2.24) is 19.6 Å². The van der Waals surface area contributed by atoms with Gasteiger partial charge in [-0.1, -0.05) is 0 Å². The standard InChI is InChI=1S/C17H28N4O2/c1-3-21-16(11-13(2)18-21)17(23)19-9-6-14(7-10-19)20-8-4-5-15(22)12-20/h11,14-15,22H,3-10,12H2,1-2H3. The van der Waals surface area contributed by atoms with Crippen molar-refractivity contribution in [1.29, 1.82) is 0 Å². The van der Waals surface area contributed by atoms with Crippen LogP contribution in [0.15, 0.2) is 6.07 Å². The molecule has 0 aliphatic carbocycles. The quantitative estimate of drug-likeness (QED) is 0.911. The van der Waals surface area contributed by atoms with Crippen LogP contribution in [-0.4, -0.2) is 68.9 Å². The van der Waals surface area contributed by atoms with Crippen molar-refractivity contribution < 1.29 is 9.90 Å². The first-order chi connectivity index (χ1) is 11.1. The van der Waals surface area contributed by atoms with Crippen molar-refractivity contribution in [2.75, 3.05) is 26.2 Å². The molecule has 2 aliphatic heterocycles.